The number of rotatable bonds is 1. The van der Waals surface area contributed by atoms with Crippen molar-refractivity contribution in [1.82, 2.24) is 5.48 Å². The largest absolute Gasteiger partial charge is 0.289 e. The molecule has 1 aliphatic rings. The number of carbonyl (C=O) groups excluding carboxylic acids is 1. The predicted octanol–water partition coefficient (Wildman–Crippen LogP) is -0.0982. The number of hydrogen-bond acceptors (Lipinski definition) is 2. The van der Waals surface area contributed by atoms with E-state index in [0.29, 0.717) is 0 Å². The highest BCUT2D eigenvalue weighted by Gasteiger charge is 2.28. The van der Waals surface area contributed by atoms with Crippen LogP contribution in [0.3, 0.4) is 0 Å². The molecule has 0 atom stereocenters. The standard InChI is InChI=1S/C4H7NO2/c6-4(5-7)3-1-2-3/h3,7H,1-2H2,(H,5,6). The average molecular weight is 101 g/mol. The zero-order valence-corrected chi connectivity index (χ0v) is 3.85. The highest BCUT2D eigenvalue weighted by Crippen LogP contribution is 2.28. The molecule has 0 aromatic rings. The maximum Gasteiger partial charge on any atom is 0.246 e. The van der Waals surface area contributed by atoms with Crippen LogP contribution in [0.15, 0.2) is 0 Å². The fourth-order valence-corrected chi connectivity index (χ4v) is 0.437. The summed E-state index contributed by atoms with van der Waals surface area (Å²) >= 11 is 0. The minimum absolute atomic E-state index is 0.116. The molecule has 0 aliphatic heterocycles. The summed E-state index contributed by atoms with van der Waals surface area (Å²) in [6.45, 7) is 0. The molecule has 7 heavy (non-hydrogen) atoms. The topological polar surface area (TPSA) is 49.3 Å². The van der Waals surface area contributed by atoms with E-state index in [-0.39, 0.29) is 11.8 Å². The first-order valence-corrected chi connectivity index (χ1v) is 2.28. The minimum Gasteiger partial charge on any atom is -0.289 e. The Hall–Kier alpha value is -0.570. The molecule has 0 spiro atoms. The maximum absolute atomic E-state index is 10.2. The molecule has 0 unspecified atom stereocenters. The maximum atomic E-state index is 10.2. The molecule has 1 amide bonds. The van der Waals surface area contributed by atoms with Gasteiger partial charge in [-0.1, -0.05) is 0 Å². The summed E-state index contributed by atoms with van der Waals surface area (Å²) < 4.78 is 0. The molecule has 0 saturated heterocycles. The van der Waals surface area contributed by atoms with E-state index in [1.165, 1.54) is 0 Å². The number of nitrogens with one attached hydrogen (secondary N) is 1. The van der Waals surface area contributed by atoms with Crippen molar-refractivity contribution in [3.63, 3.8) is 0 Å². The third-order valence-electron chi connectivity index (χ3n) is 1.06. The molecule has 2 N–H and O–H groups in total. The van der Waals surface area contributed by atoms with Crippen molar-refractivity contribution in [2.24, 2.45) is 5.92 Å². The lowest BCUT2D eigenvalue weighted by molar-refractivity contribution is -0.130. The van der Waals surface area contributed by atoms with Crippen molar-refractivity contribution < 1.29 is 10.0 Å². The Kier molecular flexibility index (Phi) is 0.982. The Balaban J connectivity index is 2.24. The predicted molar refractivity (Wildman–Crippen MR) is 22.7 cm³/mol. The second-order valence-electron chi connectivity index (χ2n) is 1.75. The van der Waals surface area contributed by atoms with Crippen molar-refractivity contribution in [2.45, 2.75) is 12.8 Å². The van der Waals surface area contributed by atoms with Gasteiger partial charge in [-0.2, -0.15) is 0 Å². The second-order valence-corrected chi connectivity index (χ2v) is 1.75. The zero-order chi connectivity index (χ0) is 5.28. The first-order valence-electron chi connectivity index (χ1n) is 2.28. The molecule has 1 saturated carbocycles. The zero-order valence-electron chi connectivity index (χ0n) is 3.85. The summed E-state index contributed by atoms with van der Waals surface area (Å²) in [6.07, 6.45) is 1.87. The van der Waals surface area contributed by atoms with Gasteiger partial charge in [0.15, 0.2) is 0 Å². The summed E-state index contributed by atoms with van der Waals surface area (Å²) in [5.74, 6) is -0.120. The quantitative estimate of drug-likeness (QED) is 0.358. The Morgan fingerprint density at radius 3 is 2.43 bits per heavy atom. The van der Waals surface area contributed by atoms with Gasteiger partial charge in [-0.05, 0) is 12.8 Å². The van der Waals surface area contributed by atoms with E-state index in [4.69, 9.17) is 5.21 Å². The van der Waals surface area contributed by atoms with Crippen LogP contribution in [0.5, 0.6) is 0 Å². The first-order chi connectivity index (χ1) is 3.34. The van der Waals surface area contributed by atoms with Crippen LogP contribution in [0, 0.1) is 5.92 Å². The molecule has 0 radical (unpaired) electrons. The van der Waals surface area contributed by atoms with E-state index in [9.17, 15) is 4.79 Å². The third kappa shape index (κ3) is 0.899. The molecule has 0 heterocycles. The number of amides is 1. The van der Waals surface area contributed by atoms with Gasteiger partial charge in [0.05, 0.1) is 0 Å². The summed E-state index contributed by atoms with van der Waals surface area (Å²) in [5.41, 5.74) is 1.59. The van der Waals surface area contributed by atoms with Gasteiger partial charge in [0, 0.05) is 5.92 Å². The smallest absolute Gasteiger partial charge is 0.246 e. The number of hydroxylamine groups is 1. The highest BCUT2D eigenvalue weighted by atomic mass is 16.5. The molecule has 1 fully saturated rings. The summed E-state index contributed by atoms with van der Waals surface area (Å²) in [4.78, 5) is 10.2. The van der Waals surface area contributed by atoms with Crippen molar-refractivity contribution in [3.8, 4) is 0 Å². The molecule has 40 valence electrons. The van der Waals surface area contributed by atoms with E-state index in [1.54, 1.807) is 5.48 Å². The van der Waals surface area contributed by atoms with Crippen molar-refractivity contribution in [1.29, 1.82) is 0 Å². The molecule has 1 rings (SSSR count). The van der Waals surface area contributed by atoms with Gasteiger partial charge in [0.2, 0.25) is 5.91 Å². The Morgan fingerprint density at radius 2 is 2.29 bits per heavy atom. The van der Waals surface area contributed by atoms with Crippen LogP contribution in [0.25, 0.3) is 0 Å². The van der Waals surface area contributed by atoms with Crippen LogP contribution < -0.4 is 5.48 Å². The lowest BCUT2D eigenvalue weighted by Gasteiger charge is -1.88. The lowest BCUT2D eigenvalue weighted by Crippen LogP contribution is -2.19. The number of hydrogen-bond donors (Lipinski definition) is 2. The van der Waals surface area contributed by atoms with Crippen molar-refractivity contribution in [2.75, 3.05) is 0 Å². The van der Waals surface area contributed by atoms with Crippen LogP contribution >= 0.6 is 0 Å². The van der Waals surface area contributed by atoms with Crippen LogP contribution in [-0.2, 0) is 4.79 Å². The van der Waals surface area contributed by atoms with Gasteiger partial charge in [-0.3, -0.25) is 10.0 Å². The summed E-state index contributed by atoms with van der Waals surface area (Å²) in [7, 11) is 0. The highest BCUT2D eigenvalue weighted by molar-refractivity contribution is 5.79. The van der Waals surface area contributed by atoms with Gasteiger partial charge in [-0.25, -0.2) is 5.48 Å². The van der Waals surface area contributed by atoms with Gasteiger partial charge < -0.3 is 0 Å². The molecule has 0 aromatic carbocycles. The van der Waals surface area contributed by atoms with E-state index in [1.807, 2.05) is 0 Å². The SMILES string of the molecule is O=C(NO)C1CC1. The molecule has 1 aliphatic carbocycles. The lowest BCUT2D eigenvalue weighted by atomic mass is 10.4. The Bertz CT molecular complexity index is 87.7. The van der Waals surface area contributed by atoms with Crippen LogP contribution in [-0.4, -0.2) is 11.1 Å². The fraction of sp³-hybridized carbons (Fsp3) is 0.750. The molecule has 0 bridgehead atoms. The van der Waals surface area contributed by atoms with Crippen LogP contribution in [0.2, 0.25) is 0 Å². The van der Waals surface area contributed by atoms with Gasteiger partial charge in [0.25, 0.3) is 0 Å². The molecular weight excluding hydrogens is 94.0 g/mol. The summed E-state index contributed by atoms with van der Waals surface area (Å²) in [5, 5.41) is 7.95. The van der Waals surface area contributed by atoms with E-state index < -0.39 is 0 Å². The minimum atomic E-state index is -0.236. The molecule has 3 heteroatoms. The molecule has 3 nitrogen and oxygen atoms in total. The monoisotopic (exact) mass is 101 g/mol. The van der Waals surface area contributed by atoms with E-state index >= 15 is 0 Å². The van der Waals surface area contributed by atoms with E-state index in [2.05, 4.69) is 0 Å². The first kappa shape index (κ1) is 4.59. The average Bonchev–Trinajstić information content (AvgIpc) is 2.44. The van der Waals surface area contributed by atoms with Gasteiger partial charge in [0.1, 0.15) is 0 Å². The van der Waals surface area contributed by atoms with Crippen molar-refractivity contribution >= 4 is 5.91 Å². The Labute approximate surface area is 41.3 Å². The fourth-order valence-electron chi connectivity index (χ4n) is 0.437. The summed E-state index contributed by atoms with van der Waals surface area (Å²) in [6, 6.07) is 0. The van der Waals surface area contributed by atoms with Crippen LogP contribution in [0.1, 0.15) is 12.8 Å². The molecular formula is C4H7NO2. The van der Waals surface area contributed by atoms with Gasteiger partial charge in [-0.15, -0.1) is 0 Å². The van der Waals surface area contributed by atoms with Crippen LogP contribution in [0.4, 0.5) is 0 Å². The second kappa shape index (κ2) is 1.50. The Morgan fingerprint density at radius 1 is 1.71 bits per heavy atom. The normalized spacial score (nSPS) is 19.0. The van der Waals surface area contributed by atoms with E-state index in [0.717, 1.165) is 12.8 Å². The number of carbonyl (C=O) groups is 1. The molecule has 0 aromatic heterocycles. The van der Waals surface area contributed by atoms with Crippen molar-refractivity contribution in [3.05, 3.63) is 0 Å². The third-order valence-corrected chi connectivity index (χ3v) is 1.06. The van der Waals surface area contributed by atoms with Gasteiger partial charge >= 0.3 is 0 Å².